The summed E-state index contributed by atoms with van der Waals surface area (Å²) in [6.45, 7) is 1.77. The van der Waals surface area contributed by atoms with E-state index in [0.717, 1.165) is 48.7 Å². The van der Waals surface area contributed by atoms with Crippen LogP contribution in [0.25, 0.3) is 10.9 Å². The van der Waals surface area contributed by atoms with Gasteiger partial charge < -0.3 is 9.88 Å². The summed E-state index contributed by atoms with van der Waals surface area (Å²) in [5.74, 6) is 0.260. The summed E-state index contributed by atoms with van der Waals surface area (Å²) in [7, 11) is -5.95. The summed E-state index contributed by atoms with van der Waals surface area (Å²) in [5.41, 5.74) is 1.77. The van der Waals surface area contributed by atoms with Gasteiger partial charge >= 0.3 is 0 Å². The number of rotatable bonds is 5. The fraction of sp³-hybridized carbons (Fsp3) is 0.333. The van der Waals surface area contributed by atoms with E-state index in [1.54, 1.807) is 29.8 Å². The molecule has 2 aromatic carbocycles. The van der Waals surface area contributed by atoms with Crippen LogP contribution >= 0.6 is 0 Å². The second kappa shape index (κ2) is 7.72. The third kappa shape index (κ3) is 3.97. The van der Waals surface area contributed by atoms with E-state index in [-0.39, 0.29) is 21.5 Å². The van der Waals surface area contributed by atoms with Crippen molar-refractivity contribution >= 4 is 36.5 Å². The Labute approximate surface area is 177 Å². The Morgan fingerprint density at radius 1 is 1.00 bits per heavy atom. The summed E-state index contributed by atoms with van der Waals surface area (Å²) in [5, 5.41) is 4.16. The van der Waals surface area contributed by atoms with Crippen LogP contribution < -0.4 is 10.0 Å². The first kappa shape index (κ1) is 20.9. The average Bonchev–Trinajstić information content (AvgIpc) is 3.06. The number of sulfone groups is 1. The maximum atomic E-state index is 13.1. The van der Waals surface area contributed by atoms with Gasteiger partial charge in [0.1, 0.15) is 0 Å². The molecule has 1 aromatic heterocycles. The Kier molecular flexibility index (Phi) is 5.37. The van der Waals surface area contributed by atoms with Crippen molar-refractivity contribution in [3.05, 3.63) is 54.1 Å². The Balaban J connectivity index is 1.75. The highest BCUT2D eigenvalue weighted by Crippen LogP contribution is 2.32. The molecule has 1 aliphatic heterocycles. The van der Waals surface area contributed by atoms with Crippen molar-refractivity contribution in [1.82, 2.24) is 9.88 Å². The van der Waals surface area contributed by atoms with E-state index in [0.29, 0.717) is 0 Å². The van der Waals surface area contributed by atoms with E-state index < -0.39 is 19.9 Å². The quantitative estimate of drug-likeness (QED) is 0.627. The Bertz CT molecular complexity index is 1310. The van der Waals surface area contributed by atoms with Gasteiger partial charge in [0.25, 0.3) is 10.0 Å². The number of hydrogen-bond donors (Lipinski definition) is 2. The topological polar surface area (TPSA) is 97.3 Å². The van der Waals surface area contributed by atoms with Gasteiger partial charge in [0, 0.05) is 24.2 Å². The smallest absolute Gasteiger partial charge is 0.277 e. The first-order valence-corrected chi connectivity index (χ1v) is 13.2. The minimum absolute atomic E-state index is 0.000807. The molecular formula is C21H25N3O4S2. The molecule has 0 spiro atoms. The highest BCUT2D eigenvalue weighted by Gasteiger charge is 2.25. The number of benzene rings is 2. The van der Waals surface area contributed by atoms with Gasteiger partial charge in [0.05, 0.1) is 10.6 Å². The highest BCUT2D eigenvalue weighted by atomic mass is 32.2. The number of aryl methyl sites for hydroxylation is 1. The molecule has 2 N–H and O–H groups in total. The number of anilines is 1. The fourth-order valence-corrected chi connectivity index (χ4v) is 6.30. The molecule has 0 radical (unpaired) electrons. The van der Waals surface area contributed by atoms with Crippen LogP contribution in [0.5, 0.6) is 0 Å². The van der Waals surface area contributed by atoms with Gasteiger partial charge in [-0.25, -0.2) is 8.42 Å². The number of nitrogens with zero attached hydrogens (tertiary/aromatic N) is 1. The number of para-hydroxylation sites is 1. The standard InChI is InChI=1S/C21H25N3O4S2/c1-24-19-6-4-3-5-17(19)14-21(24)30(27,28)23-18-8-7-16(13-20(18)29(2,25)26)15-9-11-22-12-10-15/h3-8,13-15,22-23H,9-12H2,1-2H3. The molecule has 2 heterocycles. The summed E-state index contributed by atoms with van der Waals surface area (Å²) in [6, 6.07) is 13.9. The maximum Gasteiger partial charge on any atom is 0.277 e. The Morgan fingerprint density at radius 2 is 1.70 bits per heavy atom. The minimum atomic E-state index is -3.99. The lowest BCUT2D eigenvalue weighted by molar-refractivity contribution is 0.460. The van der Waals surface area contributed by atoms with Crippen LogP contribution in [0, 0.1) is 0 Å². The second-order valence-electron chi connectivity index (χ2n) is 7.76. The summed E-state index contributed by atoms with van der Waals surface area (Å²) < 4.78 is 55.3. The molecule has 1 aliphatic rings. The zero-order valence-electron chi connectivity index (χ0n) is 16.9. The van der Waals surface area contributed by atoms with Gasteiger partial charge in [-0.3, -0.25) is 4.72 Å². The molecule has 0 bridgehead atoms. The summed E-state index contributed by atoms with van der Waals surface area (Å²) in [6.07, 6.45) is 2.94. The number of piperidine rings is 1. The largest absolute Gasteiger partial charge is 0.333 e. The third-order valence-corrected chi connectivity index (χ3v) is 8.21. The third-order valence-electron chi connectivity index (χ3n) is 5.64. The van der Waals surface area contributed by atoms with Gasteiger partial charge in [-0.15, -0.1) is 0 Å². The molecule has 0 atom stereocenters. The summed E-state index contributed by atoms with van der Waals surface area (Å²) in [4.78, 5) is 0.000807. The number of aromatic nitrogens is 1. The Hall–Kier alpha value is -2.36. The molecule has 30 heavy (non-hydrogen) atoms. The van der Waals surface area contributed by atoms with Crippen molar-refractivity contribution in [2.75, 3.05) is 24.1 Å². The number of fused-ring (bicyclic) bond motifs is 1. The van der Waals surface area contributed by atoms with Crippen molar-refractivity contribution in [3.8, 4) is 0 Å². The van der Waals surface area contributed by atoms with Crippen LogP contribution in [-0.4, -0.2) is 40.7 Å². The van der Waals surface area contributed by atoms with E-state index in [1.807, 2.05) is 30.3 Å². The Morgan fingerprint density at radius 3 is 2.37 bits per heavy atom. The van der Waals surface area contributed by atoms with Crippen LogP contribution in [0.3, 0.4) is 0 Å². The lowest BCUT2D eigenvalue weighted by Gasteiger charge is -2.24. The molecule has 1 saturated heterocycles. The van der Waals surface area contributed by atoms with Gasteiger partial charge in [0.2, 0.25) is 0 Å². The normalized spacial score (nSPS) is 16.1. The van der Waals surface area contributed by atoms with Crippen molar-refractivity contribution < 1.29 is 16.8 Å². The van der Waals surface area contributed by atoms with E-state index in [1.165, 1.54) is 0 Å². The van der Waals surface area contributed by atoms with E-state index in [4.69, 9.17) is 0 Å². The maximum absolute atomic E-state index is 13.1. The number of nitrogens with one attached hydrogen (secondary N) is 2. The van der Waals surface area contributed by atoms with E-state index >= 15 is 0 Å². The average molecular weight is 448 g/mol. The first-order chi connectivity index (χ1) is 14.2. The van der Waals surface area contributed by atoms with E-state index in [9.17, 15) is 16.8 Å². The van der Waals surface area contributed by atoms with Gasteiger partial charge in [-0.2, -0.15) is 8.42 Å². The predicted molar refractivity (Wildman–Crippen MR) is 118 cm³/mol. The van der Waals surface area contributed by atoms with Crippen molar-refractivity contribution in [1.29, 1.82) is 0 Å². The van der Waals surface area contributed by atoms with Crippen LogP contribution in [0.15, 0.2) is 58.5 Å². The zero-order chi connectivity index (χ0) is 21.5. The zero-order valence-corrected chi connectivity index (χ0v) is 18.6. The molecule has 0 amide bonds. The van der Waals surface area contributed by atoms with Crippen molar-refractivity contribution in [2.45, 2.75) is 28.7 Å². The fourth-order valence-electron chi connectivity index (χ4n) is 4.06. The van der Waals surface area contributed by atoms with E-state index in [2.05, 4.69) is 10.0 Å². The molecular weight excluding hydrogens is 422 g/mol. The van der Waals surface area contributed by atoms with Crippen molar-refractivity contribution in [2.24, 2.45) is 7.05 Å². The molecule has 3 aromatic rings. The van der Waals surface area contributed by atoms with Crippen LogP contribution in [0.1, 0.15) is 24.3 Å². The monoisotopic (exact) mass is 447 g/mol. The minimum Gasteiger partial charge on any atom is -0.333 e. The van der Waals surface area contributed by atoms with Gasteiger partial charge in [-0.05, 0) is 61.7 Å². The molecule has 9 heteroatoms. The SMILES string of the molecule is Cn1c(S(=O)(=O)Nc2ccc(C3CCNCC3)cc2S(C)(=O)=O)cc2ccccc21. The van der Waals surface area contributed by atoms with Crippen molar-refractivity contribution in [3.63, 3.8) is 0 Å². The summed E-state index contributed by atoms with van der Waals surface area (Å²) >= 11 is 0. The predicted octanol–water partition coefficient (Wildman–Crippen LogP) is 2.85. The number of hydrogen-bond acceptors (Lipinski definition) is 5. The first-order valence-electron chi connectivity index (χ1n) is 9.79. The highest BCUT2D eigenvalue weighted by molar-refractivity contribution is 7.93. The second-order valence-corrected chi connectivity index (χ2v) is 11.4. The molecule has 0 saturated carbocycles. The molecule has 1 fully saturated rings. The van der Waals surface area contributed by atoms with Gasteiger partial charge in [0.15, 0.2) is 14.9 Å². The van der Waals surface area contributed by atoms with Crippen LogP contribution in [0.2, 0.25) is 0 Å². The van der Waals surface area contributed by atoms with Crippen LogP contribution in [-0.2, 0) is 26.9 Å². The number of sulfonamides is 1. The van der Waals surface area contributed by atoms with Gasteiger partial charge in [-0.1, -0.05) is 24.3 Å². The lowest BCUT2D eigenvalue weighted by atomic mass is 9.90. The molecule has 4 rings (SSSR count). The van der Waals surface area contributed by atoms with Crippen LogP contribution in [0.4, 0.5) is 5.69 Å². The molecule has 7 nitrogen and oxygen atoms in total. The lowest BCUT2D eigenvalue weighted by Crippen LogP contribution is -2.26. The molecule has 0 unspecified atom stereocenters. The molecule has 160 valence electrons. The molecule has 0 aliphatic carbocycles.